The lowest BCUT2D eigenvalue weighted by atomic mass is 10.2. The van der Waals surface area contributed by atoms with E-state index in [-0.39, 0.29) is 5.56 Å². The molecule has 1 heterocycles. The van der Waals surface area contributed by atoms with Crippen LogP contribution in [0.25, 0.3) is 10.6 Å². The number of hydrogen-bond acceptors (Lipinski definition) is 3. The first-order valence-corrected chi connectivity index (χ1v) is 6.84. The Bertz CT molecular complexity index is 585. The van der Waals surface area contributed by atoms with Gasteiger partial charge in [-0.05, 0) is 25.0 Å². The van der Waals surface area contributed by atoms with Crippen molar-refractivity contribution >= 4 is 11.3 Å². The van der Waals surface area contributed by atoms with Crippen LogP contribution in [0.4, 0.5) is 13.2 Å². The predicted molar refractivity (Wildman–Crippen MR) is 67.3 cm³/mol. The molecule has 1 N–H and O–H groups in total. The quantitative estimate of drug-likeness (QED) is 0.869. The van der Waals surface area contributed by atoms with E-state index in [0.29, 0.717) is 17.6 Å². The molecule has 2 aromatic rings. The maximum absolute atomic E-state index is 13.1. The highest BCUT2D eigenvalue weighted by atomic mass is 32.1. The fourth-order valence-electron chi connectivity index (χ4n) is 1.74. The first-order valence-electron chi connectivity index (χ1n) is 5.96. The average Bonchev–Trinajstić information content (AvgIpc) is 3.10. The number of halogens is 3. The summed E-state index contributed by atoms with van der Waals surface area (Å²) >= 11 is 1.29. The molecule has 2 nitrogen and oxygen atoms in total. The van der Waals surface area contributed by atoms with E-state index in [0.717, 1.165) is 17.8 Å². The zero-order chi connectivity index (χ0) is 13.4. The fourth-order valence-corrected chi connectivity index (χ4v) is 2.54. The highest BCUT2D eigenvalue weighted by Gasteiger charge is 2.20. The van der Waals surface area contributed by atoms with Crippen molar-refractivity contribution in [3.63, 3.8) is 0 Å². The molecule has 0 bridgehead atoms. The molecule has 3 rings (SSSR count). The zero-order valence-corrected chi connectivity index (χ0v) is 10.7. The number of aromatic nitrogens is 1. The molecule has 0 saturated heterocycles. The second-order valence-electron chi connectivity index (χ2n) is 4.55. The van der Waals surface area contributed by atoms with E-state index in [4.69, 9.17) is 0 Å². The number of hydrogen-bond donors (Lipinski definition) is 1. The first-order chi connectivity index (χ1) is 9.13. The van der Waals surface area contributed by atoms with Gasteiger partial charge in [-0.15, -0.1) is 11.3 Å². The van der Waals surface area contributed by atoms with Gasteiger partial charge < -0.3 is 5.32 Å². The lowest BCUT2D eigenvalue weighted by Crippen LogP contribution is -2.15. The van der Waals surface area contributed by atoms with Crippen molar-refractivity contribution in [3.8, 4) is 10.6 Å². The minimum Gasteiger partial charge on any atom is -0.308 e. The Kier molecular flexibility index (Phi) is 3.28. The standard InChI is InChI=1S/C13H11F3N2S/c14-10-3-7(4-11(15)12(10)16)13-18-9(6-19-13)5-17-8-1-2-8/h3-4,6,8,17H,1-2,5H2. The molecule has 1 aromatic carbocycles. The van der Waals surface area contributed by atoms with Gasteiger partial charge in [0.25, 0.3) is 0 Å². The monoisotopic (exact) mass is 284 g/mol. The molecule has 0 spiro atoms. The summed E-state index contributed by atoms with van der Waals surface area (Å²) in [5.74, 6) is -3.83. The van der Waals surface area contributed by atoms with Crippen molar-refractivity contribution in [1.29, 1.82) is 0 Å². The molecule has 1 fully saturated rings. The summed E-state index contributed by atoms with van der Waals surface area (Å²) in [7, 11) is 0. The summed E-state index contributed by atoms with van der Waals surface area (Å²) in [5, 5.41) is 5.63. The highest BCUT2D eigenvalue weighted by molar-refractivity contribution is 7.13. The number of benzene rings is 1. The molecule has 0 amide bonds. The third kappa shape index (κ3) is 2.79. The Labute approximate surface area is 112 Å². The molecule has 6 heteroatoms. The third-order valence-electron chi connectivity index (χ3n) is 2.93. The van der Waals surface area contributed by atoms with E-state index >= 15 is 0 Å². The van der Waals surface area contributed by atoms with Gasteiger partial charge >= 0.3 is 0 Å². The summed E-state index contributed by atoms with van der Waals surface area (Å²) in [6, 6.07) is 2.51. The minimum absolute atomic E-state index is 0.263. The van der Waals surface area contributed by atoms with Crippen molar-refractivity contribution in [1.82, 2.24) is 10.3 Å². The van der Waals surface area contributed by atoms with Gasteiger partial charge in [0.15, 0.2) is 17.5 Å². The number of nitrogens with one attached hydrogen (secondary N) is 1. The Morgan fingerprint density at radius 3 is 2.53 bits per heavy atom. The van der Waals surface area contributed by atoms with Crippen LogP contribution in [-0.4, -0.2) is 11.0 Å². The maximum atomic E-state index is 13.1. The van der Waals surface area contributed by atoms with Gasteiger partial charge in [-0.1, -0.05) is 0 Å². The van der Waals surface area contributed by atoms with Gasteiger partial charge in [0.1, 0.15) is 5.01 Å². The van der Waals surface area contributed by atoms with Crippen molar-refractivity contribution < 1.29 is 13.2 Å². The third-order valence-corrected chi connectivity index (χ3v) is 3.87. The molecule has 0 aliphatic heterocycles. The predicted octanol–water partition coefficient (Wildman–Crippen LogP) is 3.48. The first kappa shape index (κ1) is 12.6. The van der Waals surface area contributed by atoms with Crippen molar-refractivity contribution in [3.05, 3.63) is 40.7 Å². The Balaban J connectivity index is 1.81. The Hall–Kier alpha value is -1.40. The molecule has 0 atom stereocenters. The molecule has 1 aromatic heterocycles. The normalized spacial score (nSPS) is 14.9. The van der Waals surface area contributed by atoms with E-state index in [2.05, 4.69) is 10.3 Å². The fraction of sp³-hybridized carbons (Fsp3) is 0.308. The van der Waals surface area contributed by atoms with Gasteiger partial charge in [0.2, 0.25) is 0 Å². The molecule has 1 aliphatic rings. The van der Waals surface area contributed by atoms with Crippen LogP contribution in [0.1, 0.15) is 18.5 Å². The molecule has 100 valence electrons. The second kappa shape index (κ2) is 4.94. The molecule has 0 unspecified atom stereocenters. The van der Waals surface area contributed by atoms with E-state index in [1.807, 2.05) is 5.38 Å². The minimum atomic E-state index is -1.45. The Morgan fingerprint density at radius 1 is 1.21 bits per heavy atom. The molecule has 19 heavy (non-hydrogen) atoms. The average molecular weight is 284 g/mol. The summed E-state index contributed by atoms with van der Waals surface area (Å²) in [6.45, 7) is 0.646. The molecular weight excluding hydrogens is 273 g/mol. The van der Waals surface area contributed by atoms with E-state index in [1.165, 1.54) is 24.2 Å². The van der Waals surface area contributed by atoms with Crippen LogP contribution in [0.5, 0.6) is 0 Å². The largest absolute Gasteiger partial charge is 0.308 e. The van der Waals surface area contributed by atoms with Crippen molar-refractivity contribution in [2.45, 2.75) is 25.4 Å². The van der Waals surface area contributed by atoms with E-state index in [9.17, 15) is 13.2 Å². The number of nitrogens with zero attached hydrogens (tertiary/aromatic N) is 1. The second-order valence-corrected chi connectivity index (χ2v) is 5.41. The molecular formula is C13H11F3N2S. The molecule has 1 saturated carbocycles. The van der Waals surface area contributed by atoms with Crippen LogP contribution in [0.3, 0.4) is 0 Å². The van der Waals surface area contributed by atoms with Crippen LogP contribution in [0, 0.1) is 17.5 Å². The lowest BCUT2D eigenvalue weighted by Gasteiger charge is -2.00. The van der Waals surface area contributed by atoms with Gasteiger partial charge in [0, 0.05) is 23.5 Å². The van der Waals surface area contributed by atoms with Crippen LogP contribution >= 0.6 is 11.3 Å². The van der Waals surface area contributed by atoms with Crippen LogP contribution in [-0.2, 0) is 6.54 Å². The number of rotatable bonds is 4. The molecule has 0 radical (unpaired) electrons. The lowest BCUT2D eigenvalue weighted by molar-refractivity contribution is 0.447. The van der Waals surface area contributed by atoms with Crippen LogP contribution < -0.4 is 5.32 Å². The maximum Gasteiger partial charge on any atom is 0.194 e. The van der Waals surface area contributed by atoms with Crippen LogP contribution in [0.15, 0.2) is 17.5 Å². The van der Waals surface area contributed by atoms with E-state index in [1.54, 1.807) is 0 Å². The smallest absolute Gasteiger partial charge is 0.194 e. The van der Waals surface area contributed by atoms with Gasteiger partial charge in [-0.2, -0.15) is 0 Å². The van der Waals surface area contributed by atoms with Crippen LogP contribution in [0.2, 0.25) is 0 Å². The summed E-state index contributed by atoms with van der Waals surface area (Å²) < 4.78 is 39.2. The SMILES string of the molecule is Fc1cc(-c2nc(CNC3CC3)cs2)cc(F)c1F. The topological polar surface area (TPSA) is 24.9 Å². The van der Waals surface area contributed by atoms with Gasteiger partial charge in [-0.25, -0.2) is 18.2 Å². The summed E-state index contributed by atoms with van der Waals surface area (Å²) in [6.07, 6.45) is 2.37. The highest BCUT2D eigenvalue weighted by Crippen LogP contribution is 2.27. The van der Waals surface area contributed by atoms with E-state index < -0.39 is 17.5 Å². The van der Waals surface area contributed by atoms with Gasteiger partial charge in [-0.3, -0.25) is 0 Å². The molecule has 1 aliphatic carbocycles. The summed E-state index contributed by atoms with van der Waals surface area (Å²) in [5.41, 5.74) is 1.09. The zero-order valence-electron chi connectivity index (χ0n) is 9.92. The van der Waals surface area contributed by atoms with Gasteiger partial charge in [0.05, 0.1) is 5.69 Å². The van der Waals surface area contributed by atoms with Crippen molar-refractivity contribution in [2.24, 2.45) is 0 Å². The Morgan fingerprint density at radius 2 is 1.89 bits per heavy atom. The number of thiazole rings is 1. The van der Waals surface area contributed by atoms with Crippen molar-refractivity contribution in [2.75, 3.05) is 0 Å². The summed E-state index contributed by atoms with van der Waals surface area (Å²) in [4.78, 5) is 4.29.